The first-order valence-corrected chi connectivity index (χ1v) is 8.91. The largest absolute Gasteiger partial charge is 0.476 e. The molecule has 1 unspecified atom stereocenters. The van der Waals surface area contributed by atoms with Gasteiger partial charge in [-0.1, -0.05) is 23.7 Å². The fourth-order valence-corrected chi connectivity index (χ4v) is 2.85. The molecule has 0 saturated heterocycles. The number of aliphatic carboxylic acids is 1. The van der Waals surface area contributed by atoms with Gasteiger partial charge in [-0.05, 0) is 36.8 Å². The number of hydrogen-bond acceptors (Lipinski definition) is 6. The van der Waals surface area contributed by atoms with E-state index in [2.05, 4.69) is 10.6 Å². The van der Waals surface area contributed by atoms with Gasteiger partial charge in [0.15, 0.2) is 11.5 Å². The number of aliphatic hydroxyl groups is 1. The molecular formula is C19H21ClN2O5. The minimum absolute atomic E-state index is 0.0797. The molecule has 0 aromatic heterocycles. The van der Waals surface area contributed by atoms with Crippen LogP contribution in [0.15, 0.2) is 42.5 Å². The van der Waals surface area contributed by atoms with Gasteiger partial charge < -0.3 is 30.3 Å². The molecule has 0 bridgehead atoms. The molecule has 0 aliphatic carbocycles. The molecular weight excluding hydrogens is 372 g/mol. The lowest BCUT2D eigenvalue weighted by Gasteiger charge is -2.18. The Labute approximate surface area is 161 Å². The highest BCUT2D eigenvalue weighted by atomic mass is 35.5. The van der Waals surface area contributed by atoms with E-state index in [0.29, 0.717) is 29.6 Å². The number of carbonyl (C=O) groups is 1. The van der Waals surface area contributed by atoms with Crippen LogP contribution in [0, 0.1) is 0 Å². The third-order valence-electron chi connectivity index (χ3n) is 4.12. The van der Waals surface area contributed by atoms with Crippen molar-refractivity contribution in [1.29, 1.82) is 0 Å². The van der Waals surface area contributed by atoms with Crippen molar-refractivity contribution in [3.05, 3.63) is 53.1 Å². The van der Waals surface area contributed by atoms with Crippen LogP contribution in [0.2, 0.25) is 5.02 Å². The van der Waals surface area contributed by atoms with Crippen molar-refractivity contribution >= 4 is 23.3 Å². The van der Waals surface area contributed by atoms with Crippen molar-refractivity contribution in [1.82, 2.24) is 5.32 Å². The molecule has 0 saturated carbocycles. The molecule has 4 N–H and O–H groups in total. The first-order valence-electron chi connectivity index (χ1n) is 8.53. The molecule has 144 valence electrons. The highest BCUT2D eigenvalue weighted by Crippen LogP contribution is 2.36. The van der Waals surface area contributed by atoms with Crippen molar-refractivity contribution in [2.45, 2.75) is 25.4 Å². The van der Waals surface area contributed by atoms with E-state index < -0.39 is 18.4 Å². The number of aliphatic hydroxyl groups excluding tert-OH is 1. The highest BCUT2D eigenvalue weighted by molar-refractivity contribution is 6.30. The fourth-order valence-electron chi connectivity index (χ4n) is 2.65. The van der Waals surface area contributed by atoms with Gasteiger partial charge in [0.25, 0.3) is 0 Å². The normalized spacial score (nSPS) is 17.4. The molecule has 7 nitrogen and oxygen atoms in total. The van der Waals surface area contributed by atoms with Crippen LogP contribution < -0.4 is 20.1 Å². The van der Waals surface area contributed by atoms with Gasteiger partial charge in [0.2, 0.25) is 0 Å². The summed E-state index contributed by atoms with van der Waals surface area (Å²) in [5.41, 5.74) is 1.55. The minimum atomic E-state index is -1.30. The van der Waals surface area contributed by atoms with Crippen molar-refractivity contribution in [3.8, 4) is 11.5 Å². The first kappa shape index (κ1) is 19.3. The van der Waals surface area contributed by atoms with Crippen molar-refractivity contribution in [2.75, 3.05) is 18.4 Å². The summed E-state index contributed by atoms with van der Waals surface area (Å²) in [7, 11) is 0. The maximum absolute atomic E-state index is 10.9. The van der Waals surface area contributed by atoms with Crippen molar-refractivity contribution in [3.63, 3.8) is 0 Å². The molecule has 0 spiro atoms. The number of rotatable bonds is 8. The van der Waals surface area contributed by atoms with E-state index in [-0.39, 0.29) is 6.04 Å². The van der Waals surface area contributed by atoms with Crippen molar-refractivity contribution in [2.24, 2.45) is 0 Å². The third-order valence-corrected chi connectivity index (χ3v) is 4.35. The Balaban J connectivity index is 1.46. The Morgan fingerprint density at radius 2 is 1.96 bits per heavy atom. The first-order chi connectivity index (χ1) is 12.9. The summed E-state index contributed by atoms with van der Waals surface area (Å²) in [5, 5.41) is 26.3. The zero-order chi connectivity index (χ0) is 19.4. The zero-order valence-electron chi connectivity index (χ0n) is 14.7. The van der Waals surface area contributed by atoms with Crippen LogP contribution in [-0.4, -0.2) is 41.6 Å². The van der Waals surface area contributed by atoms with Gasteiger partial charge in [0.05, 0.1) is 6.10 Å². The summed E-state index contributed by atoms with van der Waals surface area (Å²) in [5.74, 6) is -0.370. The fraction of sp³-hybridized carbons (Fsp3) is 0.316. The predicted molar refractivity (Wildman–Crippen MR) is 101 cm³/mol. The van der Waals surface area contributed by atoms with Crippen LogP contribution in [-0.2, 0) is 4.79 Å². The Hall–Kier alpha value is -2.48. The van der Waals surface area contributed by atoms with Crippen LogP contribution in [0.3, 0.4) is 0 Å². The van der Waals surface area contributed by atoms with E-state index in [1.54, 1.807) is 36.4 Å². The summed E-state index contributed by atoms with van der Waals surface area (Å²) in [6.45, 7) is 2.99. The Bertz CT molecular complexity index is 816. The van der Waals surface area contributed by atoms with Gasteiger partial charge in [-0.25, -0.2) is 4.79 Å². The number of fused-ring (bicyclic) bond motifs is 1. The zero-order valence-corrected chi connectivity index (χ0v) is 15.4. The summed E-state index contributed by atoms with van der Waals surface area (Å²) in [4.78, 5) is 10.9. The maximum Gasteiger partial charge on any atom is 0.387 e. The summed E-state index contributed by atoms with van der Waals surface area (Å²) in [6, 6.07) is 12.4. The predicted octanol–water partition coefficient (Wildman–Crippen LogP) is 2.65. The summed E-state index contributed by atoms with van der Waals surface area (Å²) >= 11 is 5.94. The molecule has 1 aliphatic rings. The molecule has 1 aliphatic heterocycles. The molecule has 3 rings (SSSR count). The molecule has 0 amide bonds. The number of carboxylic acids is 1. The highest BCUT2D eigenvalue weighted by Gasteiger charge is 2.30. The van der Waals surface area contributed by atoms with Gasteiger partial charge in [-0.2, -0.15) is 0 Å². The van der Waals surface area contributed by atoms with E-state index in [1.807, 2.05) is 13.0 Å². The number of ether oxygens (including phenoxy) is 2. The SMILES string of the molecule is C[C@H](CNc1ccc2c(c1)OC(C(=O)O)O2)NC[C@H](O)c1cccc(Cl)c1. The molecule has 2 aromatic carbocycles. The maximum atomic E-state index is 10.9. The van der Waals surface area contributed by atoms with Crippen LogP contribution >= 0.6 is 11.6 Å². The number of benzene rings is 2. The lowest BCUT2D eigenvalue weighted by atomic mass is 10.1. The molecule has 8 heteroatoms. The van der Waals surface area contributed by atoms with Crippen LogP contribution in [0.4, 0.5) is 5.69 Å². The summed E-state index contributed by atoms with van der Waals surface area (Å²) < 4.78 is 10.4. The Morgan fingerprint density at radius 3 is 2.70 bits per heavy atom. The van der Waals surface area contributed by atoms with Gasteiger partial charge in [-0.15, -0.1) is 0 Å². The van der Waals surface area contributed by atoms with Crippen LogP contribution in [0.25, 0.3) is 0 Å². The van der Waals surface area contributed by atoms with E-state index in [1.165, 1.54) is 0 Å². The smallest absolute Gasteiger partial charge is 0.387 e. The second-order valence-corrected chi connectivity index (χ2v) is 6.76. The van der Waals surface area contributed by atoms with E-state index >= 15 is 0 Å². The van der Waals surface area contributed by atoms with E-state index in [4.69, 9.17) is 26.2 Å². The van der Waals surface area contributed by atoms with E-state index in [9.17, 15) is 9.90 Å². The van der Waals surface area contributed by atoms with Gasteiger partial charge in [0, 0.05) is 35.9 Å². The standard InChI is InChI=1S/C19H21ClN2O5/c1-11(21-10-15(23)12-3-2-4-13(20)7-12)9-22-14-5-6-16-17(8-14)27-19(26-16)18(24)25/h2-8,11,15,19,21-23H,9-10H2,1H3,(H,24,25)/t11-,15+,19?/m1/s1. The average Bonchev–Trinajstić information content (AvgIpc) is 3.08. The lowest BCUT2D eigenvalue weighted by Crippen LogP contribution is -2.35. The van der Waals surface area contributed by atoms with E-state index in [0.717, 1.165) is 11.3 Å². The Morgan fingerprint density at radius 1 is 1.19 bits per heavy atom. The monoisotopic (exact) mass is 392 g/mol. The number of nitrogens with one attached hydrogen (secondary N) is 2. The second-order valence-electron chi connectivity index (χ2n) is 6.33. The Kier molecular flexibility index (Phi) is 6.05. The molecule has 1 heterocycles. The van der Waals surface area contributed by atoms with Crippen LogP contribution in [0.1, 0.15) is 18.6 Å². The summed E-state index contributed by atoms with van der Waals surface area (Å²) in [6.07, 6.45) is -1.95. The van der Waals surface area contributed by atoms with Crippen molar-refractivity contribution < 1.29 is 24.5 Å². The number of hydrogen-bond donors (Lipinski definition) is 4. The quantitative estimate of drug-likeness (QED) is 0.548. The number of anilines is 1. The van der Waals surface area contributed by atoms with Gasteiger partial charge >= 0.3 is 12.3 Å². The van der Waals surface area contributed by atoms with Gasteiger partial charge in [-0.3, -0.25) is 0 Å². The van der Waals surface area contributed by atoms with Gasteiger partial charge in [0.1, 0.15) is 0 Å². The lowest BCUT2D eigenvalue weighted by molar-refractivity contribution is -0.154. The number of carboxylic acid groups (broad SMARTS) is 1. The molecule has 2 aromatic rings. The topological polar surface area (TPSA) is 100 Å². The molecule has 0 radical (unpaired) electrons. The minimum Gasteiger partial charge on any atom is -0.476 e. The molecule has 3 atom stereocenters. The number of halogens is 1. The van der Waals surface area contributed by atoms with Crippen LogP contribution in [0.5, 0.6) is 11.5 Å². The molecule has 0 fully saturated rings. The second kappa shape index (κ2) is 8.47. The third kappa shape index (κ3) is 5.03. The average molecular weight is 393 g/mol. The molecule has 27 heavy (non-hydrogen) atoms.